The van der Waals surface area contributed by atoms with Crippen LogP contribution in [0.3, 0.4) is 0 Å². The first-order valence-corrected chi connectivity index (χ1v) is 10.4. The number of piperidine rings is 1. The van der Waals surface area contributed by atoms with E-state index in [0.717, 1.165) is 48.2 Å². The van der Waals surface area contributed by atoms with Gasteiger partial charge in [-0.05, 0) is 48.6 Å². The largest absolute Gasteiger partial charge is 0.381 e. The van der Waals surface area contributed by atoms with Crippen LogP contribution in [-0.2, 0) is 4.79 Å². The van der Waals surface area contributed by atoms with Gasteiger partial charge in [-0.15, -0.1) is 5.10 Å². The molecule has 1 fully saturated rings. The molecule has 1 saturated heterocycles. The van der Waals surface area contributed by atoms with Crippen molar-refractivity contribution >= 4 is 34.3 Å². The fraction of sp³-hybridized carbons (Fsp3) is 0.409. The molecule has 0 aromatic carbocycles. The number of likely N-dealkylation sites (tertiary alicyclic amines) is 1. The smallest absolute Gasteiger partial charge is 0.219 e. The molecule has 1 amide bonds. The summed E-state index contributed by atoms with van der Waals surface area (Å²) in [4.78, 5) is 22.6. The molecule has 0 unspecified atom stereocenters. The molecule has 8 heteroatoms. The summed E-state index contributed by atoms with van der Waals surface area (Å²) in [7, 11) is 0. The summed E-state index contributed by atoms with van der Waals surface area (Å²) in [6.45, 7) is 7.45. The second kappa shape index (κ2) is 8.61. The van der Waals surface area contributed by atoms with Gasteiger partial charge in [-0.3, -0.25) is 9.78 Å². The van der Waals surface area contributed by atoms with Crippen LogP contribution in [0.25, 0.3) is 11.0 Å². The zero-order valence-electron chi connectivity index (χ0n) is 17.6. The molecule has 0 atom stereocenters. The number of pyridine rings is 2. The Bertz CT molecular complexity index is 1040. The lowest BCUT2D eigenvalue weighted by atomic mass is 10.0. The van der Waals surface area contributed by atoms with Crippen molar-refractivity contribution < 1.29 is 4.79 Å². The Morgan fingerprint density at radius 2 is 1.90 bits per heavy atom. The number of fused-ring (bicyclic) bond motifs is 1. The van der Waals surface area contributed by atoms with Crippen LogP contribution >= 0.6 is 0 Å². The highest BCUT2D eigenvalue weighted by molar-refractivity contribution is 5.80. The molecule has 3 aromatic heterocycles. The van der Waals surface area contributed by atoms with Crippen LogP contribution in [0.2, 0.25) is 0 Å². The Morgan fingerprint density at radius 3 is 2.63 bits per heavy atom. The van der Waals surface area contributed by atoms with Gasteiger partial charge in [-0.2, -0.15) is 5.10 Å². The van der Waals surface area contributed by atoms with Crippen LogP contribution in [0.4, 0.5) is 17.3 Å². The van der Waals surface area contributed by atoms with Gasteiger partial charge in [0.05, 0.1) is 29.1 Å². The molecule has 0 bridgehead atoms. The minimum atomic E-state index is 0.147. The average Bonchev–Trinajstić information content (AvgIpc) is 2.74. The van der Waals surface area contributed by atoms with Crippen LogP contribution in [0.15, 0.2) is 36.7 Å². The number of hydrogen-bond donors (Lipinski definition) is 2. The second-order valence-electron chi connectivity index (χ2n) is 8.04. The molecule has 4 heterocycles. The molecule has 4 rings (SSSR count). The van der Waals surface area contributed by atoms with E-state index < -0.39 is 0 Å². The van der Waals surface area contributed by atoms with Crippen molar-refractivity contribution in [2.75, 3.05) is 23.7 Å². The molecular weight excluding hydrogens is 378 g/mol. The first-order chi connectivity index (χ1) is 14.5. The van der Waals surface area contributed by atoms with Crippen molar-refractivity contribution in [1.82, 2.24) is 25.1 Å². The summed E-state index contributed by atoms with van der Waals surface area (Å²) in [6, 6.07) is 8.17. The molecular formula is C22H27N7O. The van der Waals surface area contributed by atoms with Crippen LogP contribution in [0.5, 0.6) is 0 Å². The van der Waals surface area contributed by atoms with Crippen LogP contribution in [-0.4, -0.2) is 50.1 Å². The summed E-state index contributed by atoms with van der Waals surface area (Å²) in [5.74, 6) is 1.90. The monoisotopic (exact) mass is 405 g/mol. The quantitative estimate of drug-likeness (QED) is 0.668. The topological polar surface area (TPSA) is 95.9 Å². The molecule has 3 aromatic rings. The van der Waals surface area contributed by atoms with Crippen molar-refractivity contribution in [2.45, 2.75) is 45.6 Å². The molecule has 0 aliphatic carbocycles. The summed E-state index contributed by atoms with van der Waals surface area (Å²) in [5, 5.41) is 15.0. The highest BCUT2D eigenvalue weighted by Crippen LogP contribution is 2.22. The molecule has 8 nitrogen and oxygen atoms in total. The third-order valence-corrected chi connectivity index (χ3v) is 5.45. The third kappa shape index (κ3) is 4.64. The number of hydrogen-bond acceptors (Lipinski definition) is 7. The Kier molecular flexibility index (Phi) is 5.74. The van der Waals surface area contributed by atoms with Gasteiger partial charge in [-0.25, -0.2) is 4.98 Å². The van der Waals surface area contributed by atoms with E-state index in [2.05, 4.69) is 39.7 Å². The molecule has 1 aliphatic heterocycles. The number of rotatable bonds is 5. The number of anilines is 3. The lowest BCUT2D eigenvalue weighted by Gasteiger charge is -2.32. The summed E-state index contributed by atoms with van der Waals surface area (Å²) in [6.07, 6.45) is 5.48. The van der Waals surface area contributed by atoms with Gasteiger partial charge < -0.3 is 15.5 Å². The standard InChI is InChI=1S/C22H27N7O/c1-14(2)16-10-22(28-24-12-16)27-21-5-4-19-20(26-21)11-18(13-23-19)25-17-6-8-29(9-7-17)15(3)30/h4-5,10-14,17,25H,6-9H2,1-3H3,(H,26,27,28). The Labute approximate surface area is 176 Å². The maximum Gasteiger partial charge on any atom is 0.219 e. The Hall–Kier alpha value is -3.29. The van der Waals surface area contributed by atoms with Gasteiger partial charge in [0.15, 0.2) is 5.82 Å². The van der Waals surface area contributed by atoms with Gasteiger partial charge in [0, 0.05) is 26.1 Å². The van der Waals surface area contributed by atoms with Crippen molar-refractivity contribution in [1.29, 1.82) is 0 Å². The van der Waals surface area contributed by atoms with E-state index in [4.69, 9.17) is 4.98 Å². The van der Waals surface area contributed by atoms with E-state index >= 15 is 0 Å². The number of carbonyl (C=O) groups is 1. The molecule has 0 radical (unpaired) electrons. The maximum atomic E-state index is 11.5. The van der Waals surface area contributed by atoms with Gasteiger partial charge in [0.25, 0.3) is 0 Å². The maximum absolute atomic E-state index is 11.5. The van der Waals surface area contributed by atoms with Crippen LogP contribution < -0.4 is 10.6 Å². The molecule has 0 saturated carbocycles. The van der Waals surface area contributed by atoms with E-state index in [0.29, 0.717) is 23.6 Å². The minimum absolute atomic E-state index is 0.147. The molecule has 2 N–H and O–H groups in total. The number of amides is 1. The SMILES string of the molecule is CC(=O)N1CCC(Nc2cnc3ccc(Nc4cc(C(C)C)cnn4)nc3c2)CC1. The second-order valence-corrected chi connectivity index (χ2v) is 8.04. The van der Waals surface area contributed by atoms with Crippen LogP contribution in [0.1, 0.15) is 45.1 Å². The van der Waals surface area contributed by atoms with Gasteiger partial charge in [0.2, 0.25) is 5.91 Å². The zero-order chi connectivity index (χ0) is 21.1. The summed E-state index contributed by atoms with van der Waals surface area (Å²) >= 11 is 0. The van der Waals surface area contributed by atoms with Crippen molar-refractivity contribution in [3.05, 3.63) is 42.2 Å². The fourth-order valence-electron chi connectivity index (χ4n) is 3.62. The van der Waals surface area contributed by atoms with Crippen molar-refractivity contribution in [3.8, 4) is 0 Å². The zero-order valence-corrected chi connectivity index (χ0v) is 17.6. The van der Waals surface area contributed by atoms with Crippen LogP contribution in [0, 0.1) is 0 Å². The molecule has 30 heavy (non-hydrogen) atoms. The van der Waals surface area contributed by atoms with E-state index in [9.17, 15) is 4.79 Å². The van der Waals surface area contributed by atoms with Gasteiger partial charge >= 0.3 is 0 Å². The number of carbonyl (C=O) groups excluding carboxylic acids is 1. The van der Waals surface area contributed by atoms with Crippen molar-refractivity contribution in [3.63, 3.8) is 0 Å². The Balaban J connectivity index is 1.47. The lowest BCUT2D eigenvalue weighted by Crippen LogP contribution is -2.41. The van der Waals surface area contributed by atoms with Gasteiger partial charge in [-0.1, -0.05) is 13.8 Å². The number of aromatic nitrogens is 4. The van der Waals surface area contributed by atoms with Crippen molar-refractivity contribution in [2.24, 2.45) is 0 Å². The fourth-order valence-corrected chi connectivity index (χ4v) is 3.62. The third-order valence-electron chi connectivity index (χ3n) is 5.45. The normalized spacial score (nSPS) is 14.9. The Morgan fingerprint density at radius 1 is 1.10 bits per heavy atom. The number of nitrogens with zero attached hydrogens (tertiary/aromatic N) is 5. The first kappa shape index (κ1) is 20.0. The summed E-state index contributed by atoms with van der Waals surface area (Å²) in [5.41, 5.74) is 3.70. The van der Waals surface area contributed by atoms with E-state index in [-0.39, 0.29) is 5.91 Å². The first-order valence-electron chi connectivity index (χ1n) is 10.4. The number of nitrogens with one attached hydrogen (secondary N) is 2. The minimum Gasteiger partial charge on any atom is -0.381 e. The molecule has 156 valence electrons. The predicted molar refractivity (Wildman–Crippen MR) is 118 cm³/mol. The molecule has 0 spiro atoms. The lowest BCUT2D eigenvalue weighted by molar-refractivity contribution is -0.129. The average molecular weight is 406 g/mol. The van der Waals surface area contributed by atoms with E-state index in [1.807, 2.05) is 35.4 Å². The summed E-state index contributed by atoms with van der Waals surface area (Å²) < 4.78 is 0. The van der Waals surface area contributed by atoms with Gasteiger partial charge in [0.1, 0.15) is 5.82 Å². The highest BCUT2D eigenvalue weighted by Gasteiger charge is 2.20. The van der Waals surface area contributed by atoms with E-state index in [1.165, 1.54) is 0 Å². The molecule has 1 aliphatic rings. The predicted octanol–water partition coefficient (Wildman–Crippen LogP) is 3.71. The highest BCUT2D eigenvalue weighted by atomic mass is 16.2. The van der Waals surface area contributed by atoms with E-state index in [1.54, 1.807) is 13.1 Å².